The van der Waals surface area contributed by atoms with Crippen molar-refractivity contribution in [2.75, 3.05) is 0 Å². The molecule has 5 nitrogen and oxygen atoms in total. The zero-order valence-electron chi connectivity index (χ0n) is 6.16. The van der Waals surface area contributed by atoms with Crippen LogP contribution in [0.1, 0.15) is 13.3 Å². The van der Waals surface area contributed by atoms with E-state index in [2.05, 4.69) is 0 Å². The third kappa shape index (κ3) is 3.34. The predicted octanol–water partition coefficient (Wildman–Crippen LogP) is -1.45. The Hall–Kier alpha value is -1.39. The third-order valence-corrected chi connectivity index (χ3v) is 1.18. The van der Waals surface area contributed by atoms with Crippen molar-refractivity contribution < 1.29 is 14.4 Å². The lowest BCUT2D eigenvalue weighted by molar-refractivity contribution is -0.135. The Morgan fingerprint density at radius 2 is 1.55 bits per heavy atom. The number of nitrogens with two attached hydrogens (primary N) is 2. The summed E-state index contributed by atoms with van der Waals surface area (Å²) in [5, 5.41) is 0. The summed E-state index contributed by atoms with van der Waals surface area (Å²) in [6.45, 7) is 1.26. The Bertz CT molecular complexity index is 186. The summed E-state index contributed by atoms with van der Waals surface area (Å²) >= 11 is 0. The van der Waals surface area contributed by atoms with Crippen LogP contribution in [0.25, 0.3) is 0 Å². The van der Waals surface area contributed by atoms with E-state index in [0.717, 1.165) is 0 Å². The first kappa shape index (κ1) is 9.61. The largest absolute Gasteiger partial charge is 0.369 e. The quantitative estimate of drug-likeness (QED) is 0.489. The summed E-state index contributed by atoms with van der Waals surface area (Å²) in [6.07, 6.45) is -0.204. The SMILES string of the molecule is CC(=O)CC(C(N)=O)C(N)=O. The van der Waals surface area contributed by atoms with Gasteiger partial charge in [0.2, 0.25) is 11.8 Å². The Balaban J connectivity index is 4.23. The van der Waals surface area contributed by atoms with Crippen molar-refractivity contribution in [3.8, 4) is 0 Å². The summed E-state index contributed by atoms with van der Waals surface area (Å²) in [4.78, 5) is 31.3. The van der Waals surface area contributed by atoms with Crippen LogP contribution in [0.15, 0.2) is 0 Å². The van der Waals surface area contributed by atoms with Gasteiger partial charge in [-0.05, 0) is 6.92 Å². The van der Waals surface area contributed by atoms with E-state index in [-0.39, 0.29) is 12.2 Å². The van der Waals surface area contributed by atoms with Gasteiger partial charge in [-0.1, -0.05) is 0 Å². The molecule has 0 saturated carbocycles. The number of hydrogen-bond acceptors (Lipinski definition) is 3. The molecule has 0 bridgehead atoms. The molecule has 0 aliphatic heterocycles. The van der Waals surface area contributed by atoms with Crippen LogP contribution in [0, 0.1) is 5.92 Å². The second-order valence-electron chi connectivity index (χ2n) is 2.26. The molecule has 4 N–H and O–H groups in total. The highest BCUT2D eigenvalue weighted by atomic mass is 16.2. The molecular formula is C6H10N2O3. The molecule has 5 heteroatoms. The van der Waals surface area contributed by atoms with Crippen LogP contribution in [0.4, 0.5) is 0 Å². The molecule has 0 aliphatic carbocycles. The van der Waals surface area contributed by atoms with Gasteiger partial charge in [0.25, 0.3) is 0 Å². The fourth-order valence-electron chi connectivity index (χ4n) is 0.629. The third-order valence-electron chi connectivity index (χ3n) is 1.18. The summed E-state index contributed by atoms with van der Waals surface area (Å²) in [5.41, 5.74) is 9.59. The van der Waals surface area contributed by atoms with Crippen LogP contribution in [0.5, 0.6) is 0 Å². The molecular weight excluding hydrogens is 148 g/mol. The number of primary amides is 2. The van der Waals surface area contributed by atoms with Crippen molar-refractivity contribution >= 4 is 17.6 Å². The highest BCUT2D eigenvalue weighted by molar-refractivity contribution is 6.01. The molecule has 0 heterocycles. The minimum Gasteiger partial charge on any atom is -0.369 e. The molecule has 0 atom stereocenters. The molecule has 0 aromatic carbocycles. The van der Waals surface area contributed by atoms with E-state index < -0.39 is 17.7 Å². The van der Waals surface area contributed by atoms with Crippen molar-refractivity contribution in [3.05, 3.63) is 0 Å². The number of Topliss-reactive ketones (excluding diaryl/α,β-unsaturated/α-hetero) is 1. The van der Waals surface area contributed by atoms with Gasteiger partial charge in [0.1, 0.15) is 11.7 Å². The standard InChI is InChI=1S/C6H10N2O3/c1-3(9)2-4(5(7)10)6(8)11/h4H,2H2,1H3,(H2,7,10)(H2,8,11). The number of carbonyl (C=O) groups is 3. The van der Waals surface area contributed by atoms with Gasteiger partial charge in [0.15, 0.2) is 0 Å². The fourth-order valence-corrected chi connectivity index (χ4v) is 0.629. The van der Waals surface area contributed by atoms with Gasteiger partial charge in [-0.2, -0.15) is 0 Å². The molecule has 0 spiro atoms. The van der Waals surface area contributed by atoms with E-state index in [4.69, 9.17) is 11.5 Å². The molecule has 62 valence electrons. The Kier molecular flexibility index (Phi) is 3.23. The summed E-state index contributed by atoms with van der Waals surface area (Å²) in [7, 11) is 0. The number of amides is 2. The van der Waals surface area contributed by atoms with Crippen molar-refractivity contribution in [3.63, 3.8) is 0 Å². The molecule has 0 unspecified atom stereocenters. The smallest absolute Gasteiger partial charge is 0.230 e. The van der Waals surface area contributed by atoms with Crippen LogP contribution in [0.2, 0.25) is 0 Å². The first-order valence-electron chi connectivity index (χ1n) is 3.03. The molecule has 2 amide bonds. The monoisotopic (exact) mass is 158 g/mol. The van der Waals surface area contributed by atoms with Crippen molar-refractivity contribution in [2.45, 2.75) is 13.3 Å². The maximum atomic E-state index is 10.4. The van der Waals surface area contributed by atoms with Crippen molar-refractivity contribution in [1.82, 2.24) is 0 Å². The van der Waals surface area contributed by atoms with Gasteiger partial charge in [0, 0.05) is 6.42 Å². The molecule has 0 aromatic heterocycles. The molecule has 0 aromatic rings. The summed E-state index contributed by atoms with van der Waals surface area (Å²) in [5.74, 6) is -3.15. The van der Waals surface area contributed by atoms with Crippen LogP contribution in [-0.4, -0.2) is 17.6 Å². The topological polar surface area (TPSA) is 103 Å². The van der Waals surface area contributed by atoms with Crippen molar-refractivity contribution in [2.24, 2.45) is 17.4 Å². The summed E-state index contributed by atoms with van der Waals surface area (Å²) < 4.78 is 0. The molecule has 0 aliphatic rings. The van der Waals surface area contributed by atoms with E-state index in [9.17, 15) is 14.4 Å². The second kappa shape index (κ2) is 3.70. The zero-order valence-corrected chi connectivity index (χ0v) is 6.16. The molecule has 11 heavy (non-hydrogen) atoms. The first-order chi connectivity index (χ1) is 4.95. The van der Waals surface area contributed by atoms with Gasteiger partial charge in [-0.15, -0.1) is 0 Å². The van der Waals surface area contributed by atoms with Crippen LogP contribution in [-0.2, 0) is 14.4 Å². The average molecular weight is 158 g/mol. The Labute approximate surface area is 63.7 Å². The minimum absolute atomic E-state index is 0.204. The maximum Gasteiger partial charge on any atom is 0.230 e. The lowest BCUT2D eigenvalue weighted by atomic mass is 10.0. The second-order valence-corrected chi connectivity index (χ2v) is 2.26. The van der Waals surface area contributed by atoms with Gasteiger partial charge in [-0.25, -0.2) is 0 Å². The number of hydrogen-bond donors (Lipinski definition) is 2. The first-order valence-corrected chi connectivity index (χ1v) is 3.03. The molecule has 0 saturated heterocycles. The van der Waals surface area contributed by atoms with Crippen LogP contribution >= 0.6 is 0 Å². The Morgan fingerprint density at radius 3 is 1.64 bits per heavy atom. The number of ketones is 1. The summed E-state index contributed by atoms with van der Waals surface area (Å²) in [6, 6.07) is 0. The fraction of sp³-hybridized carbons (Fsp3) is 0.500. The molecule has 0 fully saturated rings. The number of rotatable bonds is 4. The van der Waals surface area contributed by atoms with E-state index in [0.29, 0.717) is 0 Å². The minimum atomic E-state index is -1.16. The van der Waals surface area contributed by atoms with E-state index in [1.54, 1.807) is 0 Å². The predicted molar refractivity (Wildman–Crippen MR) is 37.2 cm³/mol. The van der Waals surface area contributed by atoms with Gasteiger partial charge in [-0.3, -0.25) is 14.4 Å². The average Bonchev–Trinajstić information content (AvgIpc) is 1.81. The van der Waals surface area contributed by atoms with E-state index in [1.807, 2.05) is 0 Å². The van der Waals surface area contributed by atoms with Gasteiger partial charge in [0.05, 0.1) is 0 Å². The number of carbonyl (C=O) groups excluding carboxylic acids is 3. The molecule has 0 rings (SSSR count). The maximum absolute atomic E-state index is 10.4. The van der Waals surface area contributed by atoms with Gasteiger partial charge >= 0.3 is 0 Å². The van der Waals surface area contributed by atoms with Gasteiger partial charge < -0.3 is 11.5 Å². The lowest BCUT2D eigenvalue weighted by Crippen LogP contribution is -2.36. The van der Waals surface area contributed by atoms with E-state index in [1.165, 1.54) is 6.92 Å². The normalized spacial score (nSPS) is 9.64. The van der Waals surface area contributed by atoms with Crippen LogP contribution < -0.4 is 11.5 Å². The lowest BCUT2D eigenvalue weighted by Gasteiger charge is -2.04. The Morgan fingerprint density at radius 1 is 1.18 bits per heavy atom. The van der Waals surface area contributed by atoms with Crippen LogP contribution in [0.3, 0.4) is 0 Å². The van der Waals surface area contributed by atoms with Crippen molar-refractivity contribution in [1.29, 1.82) is 0 Å². The highest BCUT2D eigenvalue weighted by Gasteiger charge is 2.22. The molecule has 0 radical (unpaired) electrons. The van der Waals surface area contributed by atoms with E-state index >= 15 is 0 Å². The highest BCUT2D eigenvalue weighted by Crippen LogP contribution is 2.01. The zero-order chi connectivity index (χ0) is 9.02.